The molecule has 3 saturated heterocycles. The number of ether oxygens (including phenoxy) is 3. The van der Waals surface area contributed by atoms with Gasteiger partial charge in [0.1, 0.15) is 17.7 Å². The quantitative estimate of drug-likeness (QED) is 0.188. The van der Waals surface area contributed by atoms with Crippen molar-refractivity contribution in [1.29, 1.82) is 0 Å². The van der Waals surface area contributed by atoms with Gasteiger partial charge in [-0.25, -0.2) is 0 Å². The Bertz CT molecular complexity index is 1230. The summed E-state index contributed by atoms with van der Waals surface area (Å²) in [7, 11) is 1.50. The molecule has 1 spiro atoms. The van der Waals surface area contributed by atoms with Gasteiger partial charge in [-0.1, -0.05) is 55.8 Å². The molecule has 7 atom stereocenters. The lowest BCUT2D eigenvalue weighted by molar-refractivity contribution is -0.163. The molecule has 3 aliphatic rings. The molecule has 2 bridgehead atoms. The van der Waals surface area contributed by atoms with Crippen LogP contribution in [0.1, 0.15) is 57.1 Å². The maximum absolute atomic E-state index is 14.2. The molecule has 0 unspecified atom stereocenters. The highest BCUT2D eigenvalue weighted by atomic mass is 16.6. The van der Waals surface area contributed by atoms with Crippen LogP contribution in [0.2, 0.25) is 0 Å². The second-order valence-corrected chi connectivity index (χ2v) is 12.0. The number of methoxy groups -OCH3 is 1. The van der Waals surface area contributed by atoms with E-state index in [1.54, 1.807) is 29.2 Å². The molecule has 11 heteroatoms. The minimum Gasteiger partial charge on any atom is -0.455 e. The Morgan fingerprint density at radius 2 is 2.00 bits per heavy atom. The van der Waals surface area contributed by atoms with E-state index in [0.29, 0.717) is 37.9 Å². The minimum absolute atomic E-state index is 0.0573. The van der Waals surface area contributed by atoms with E-state index in [1.165, 1.54) is 12.0 Å². The van der Waals surface area contributed by atoms with Gasteiger partial charge >= 0.3 is 5.97 Å². The van der Waals surface area contributed by atoms with Crippen LogP contribution >= 0.6 is 0 Å². The van der Waals surface area contributed by atoms with E-state index in [9.17, 15) is 24.3 Å². The number of unbranched alkanes of at least 4 members (excludes halogenated alkanes) is 1. The summed E-state index contributed by atoms with van der Waals surface area (Å²) < 4.78 is 18.1. The predicted octanol–water partition coefficient (Wildman–Crippen LogP) is 2.55. The van der Waals surface area contributed by atoms with E-state index in [-0.39, 0.29) is 38.0 Å². The lowest BCUT2D eigenvalue weighted by atomic mass is 9.70. The molecule has 0 radical (unpaired) electrons. The molecule has 1 aromatic carbocycles. The highest BCUT2D eigenvalue weighted by Gasteiger charge is 2.75. The number of aliphatic hydroxyl groups is 1. The number of fused-ring (bicyclic) bond motifs is 1. The van der Waals surface area contributed by atoms with Gasteiger partial charge in [0.2, 0.25) is 17.7 Å². The summed E-state index contributed by atoms with van der Waals surface area (Å²) in [5, 5.41) is 12.8. The lowest BCUT2D eigenvalue weighted by Gasteiger charge is -2.36. The van der Waals surface area contributed by atoms with Crippen molar-refractivity contribution in [3.63, 3.8) is 0 Å². The van der Waals surface area contributed by atoms with Crippen LogP contribution in [0.4, 0.5) is 0 Å². The van der Waals surface area contributed by atoms with E-state index in [1.807, 2.05) is 25.1 Å². The molecule has 2 N–H and O–H groups in total. The number of aliphatic hydroxyl groups excluding tert-OH is 1. The molecule has 3 amide bonds. The van der Waals surface area contributed by atoms with Crippen LogP contribution in [-0.4, -0.2) is 102 Å². The van der Waals surface area contributed by atoms with Crippen molar-refractivity contribution in [3.05, 3.63) is 61.2 Å². The van der Waals surface area contributed by atoms with Gasteiger partial charge in [0.05, 0.1) is 37.2 Å². The Hall–Kier alpha value is -3.54. The Kier molecular flexibility index (Phi) is 11.9. The summed E-state index contributed by atoms with van der Waals surface area (Å²) in [5.41, 5.74) is -0.560. The molecule has 0 saturated carbocycles. The molecule has 11 nitrogen and oxygen atoms in total. The van der Waals surface area contributed by atoms with Crippen molar-refractivity contribution in [1.82, 2.24) is 15.1 Å². The van der Waals surface area contributed by atoms with Gasteiger partial charge in [0.25, 0.3) is 0 Å². The number of rotatable bonds is 18. The maximum atomic E-state index is 14.2. The molecule has 3 aliphatic heterocycles. The average Bonchev–Trinajstić information content (AvgIpc) is 3.68. The fourth-order valence-corrected chi connectivity index (χ4v) is 7.14. The maximum Gasteiger partial charge on any atom is 0.313 e. The molecule has 4 rings (SSSR count). The number of likely N-dealkylation sites (tertiary alicyclic amines) is 1. The fraction of sp³-hybridized carbons (Fsp3) is 0.588. The third-order valence-electron chi connectivity index (χ3n) is 9.09. The van der Waals surface area contributed by atoms with Crippen LogP contribution in [0.15, 0.2) is 55.6 Å². The molecular weight excluding hydrogens is 578 g/mol. The van der Waals surface area contributed by atoms with Crippen molar-refractivity contribution >= 4 is 23.7 Å². The van der Waals surface area contributed by atoms with Crippen molar-refractivity contribution in [2.75, 3.05) is 40.0 Å². The summed E-state index contributed by atoms with van der Waals surface area (Å²) in [5.74, 6) is -3.45. The number of allylic oxidation sites excluding steroid dienone is 1. The molecule has 45 heavy (non-hydrogen) atoms. The summed E-state index contributed by atoms with van der Waals surface area (Å²) in [6, 6.07) is 7.38. The highest BCUT2D eigenvalue weighted by Crippen LogP contribution is 2.59. The van der Waals surface area contributed by atoms with Crippen molar-refractivity contribution in [2.45, 2.75) is 75.3 Å². The van der Waals surface area contributed by atoms with Gasteiger partial charge in [0, 0.05) is 33.2 Å². The third kappa shape index (κ3) is 7.00. The first-order valence-corrected chi connectivity index (χ1v) is 15.9. The number of amides is 3. The van der Waals surface area contributed by atoms with Crippen molar-refractivity contribution in [3.8, 4) is 0 Å². The van der Waals surface area contributed by atoms with Gasteiger partial charge in [0.15, 0.2) is 0 Å². The van der Waals surface area contributed by atoms with E-state index in [0.717, 1.165) is 12.8 Å². The number of hydrogen-bond acceptors (Lipinski definition) is 8. The molecule has 3 heterocycles. The van der Waals surface area contributed by atoms with Crippen molar-refractivity contribution < 1.29 is 38.5 Å². The smallest absolute Gasteiger partial charge is 0.313 e. The zero-order chi connectivity index (χ0) is 32.6. The Morgan fingerprint density at radius 1 is 1.24 bits per heavy atom. The van der Waals surface area contributed by atoms with Crippen molar-refractivity contribution in [2.24, 2.45) is 11.8 Å². The first-order chi connectivity index (χ1) is 21.8. The van der Waals surface area contributed by atoms with Crippen LogP contribution in [0, 0.1) is 11.8 Å². The standard InChI is InChI=1S/C34H47N3O8/c1-5-8-15-26(39)35-24(22-43-4)29(23-13-11-10-12-14-23)44-33(42)27-25-16-17-34(45-25)28(27)31(40)37(20-21-38)30(34)32(41)36(18-7-3)19-9-6-2/h5,7,10-14,24-25,27-30,38H,1,3,6,8-9,15-22H2,2,4H3,(H,35,39)/t24-,25+,27-,28-,29-,30+,34-/m1/s1. The summed E-state index contributed by atoms with van der Waals surface area (Å²) in [6.45, 7) is 9.98. The second kappa shape index (κ2) is 15.6. The first-order valence-electron chi connectivity index (χ1n) is 15.9. The van der Waals surface area contributed by atoms with Gasteiger partial charge < -0.3 is 34.4 Å². The largest absolute Gasteiger partial charge is 0.455 e. The number of nitrogens with one attached hydrogen (secondary N) is 1. The number of hydrogen-bond donors (Lipinski definition) is 2. The van der Waals surface area contributed by atoms with E-state index < -0.39 is 53.6 Å². The van der Waals surface area contributed by atoms with Gasteiger partial charge in [-0.2, -0.15) is 0 Å². The lowest BCUT2D eigenvalue weighted by Crippen LogP contribution is -2.56. The number of β-amino-alcohol motifs (C(OH)–C–C–N with tert-alkyl or cyclic N) is 1. The first kappa shape index (κ1) is 34.3. The molecule has 3 fully saturated rings. The fourth-order valence-electron chi connectivity index (χ4n) is 7.14. The Balaban J connectivity index is 1.66. The zero-order valence-electron chi connectivity index (χ0n) is 26.4. The van der Waals surface area contributed by atoms with Crippen LogP contribution in [-0.2, 0) is 33.4 Å². The number of carbonyl (C=O) groups is 4. The van der Waals surface area contributed by atoms with Crippen LogP contribution in [0.25, 0.3) is 0 Å². The van der Waals surface area contributed by atoms with Gasteiger partial charge in [-0.05, 0) is 31.2 Å². The molecule has 1 aromatic rings. The third-order valence-corrected chi connectivity index (χ3v) is 9.09. The Labute approximate surface area is 265 Å². The monoisotopic (exact) mass is 625 g/mol. The van der Waals surface area contributed by atoms with Gasteiger partial charge in [-0.15, -0.1) is 13.2 Å². The topological polar surface area (TPSA) is 135 Å². The number of esters is 1. The molecule has 0 aliphatic carbocycles. The molecular formula is C34H47N3O8. The predicted molar refractivity (Wildman–Crippen MR) is 167 cm³/mol. The van der Waals surface area contributed by atoms with E-state index >= 15 is 0 Å². The normalized spacial score (nSPS) is 26.2. The van der Waals surface area contributed by atoms with E-state index in [2.05, 4.69) is 18.5 Å². The van der Waals surface area contributed by atoms with Crippen LogP contribution in [0.3, 0.4) is 0 Å². The minimum atomic E-state index is -1.21. The second-order valence-electron chi connectivity index (χ2n) is 12.0. The summed E-state index contributed by atoms with van der Waals surface area (Å²) in [4.78, 5) is 58.2. The summed E-state index contributed by atoms with van der Waals surface area (Å²) in [6.07, 6.45) is 5.06. The number of carbonyl (C=O) groups excluding carboxylic acids is 4. The Morgan fingerprint density at radius 3 is 2.64 bits per heavy atom. The number of benzene rings is 1. The van der Waals surface area contributed by atoms with Gasteiger partial charge in [-0.3, -0.25) is 19.2 Å². The number of nitrogens with zero attached hydrogens (tertiary/aromatic N) is 2. The van der Waals surface area contributed by atoms with E-state index in [4.69, 9.17) is 14.2 Å². The molecule has 246 valence electrons. The van der Waals surface area contributed by atoms with Crippen LogP contribution in [0.5, 0.6) is 0 Å². The van der Waals surface area contributed by atoms with Crippen LogP contribution < -0.4 is 5.32 Å². The zero-order valence-corrected chi connectivity index (χ0v) is 26.4. The summed E-state index contributed by atoms with van der Waals surface area (Å²) >= 11 is 0. The SMILES string of the molecule is C=CCCC(=O)N[C@H](COC)[C@H](OC(=O)[C@@H]1[C@@H]2CC[C@]3(O2)[C@H](C(=O)N(CC=C)CCCC)N(CCO)C(=O)[C@@H]13)c1ccccc1. The average molecular weight is 626 g/mol. The molecule has 0 aromatic heterocycles. The highest BCUT2D eigenvalue weighted by molar-refractivity contribution is 5.98.